The first kappa shape index (κ1) is 14.3. The van der Waals surface area contributed by atoms with Crippen molar-refractivity contribution in [1.29, 1.82) is 0 Å². The van der Waals surface area contributed by atoms with Gasteiger partial charge in [-0.25, -0.2) is 0 Å². The summed E-state index contributed by atoms with van der Waals surface area (Å²) in [5, 5.41) is 10.6. The van der Waals surface area contributed by atoms with Gasteiger partial charge in [-0.05, 0) is 19.9 Å². The number of aromatic nitrogens is 1. The molecule has 3 nitrogen and oxygen atoms in total. The maximum atomic E-state index is 13.0. The van der Waals surface area contributed by atoms with E-state index in [1.54, 1.807) is 13.8 Å². The molecule has 1 aromatic rings. The van der Waals surface area contributed by atoms with E-state index in [4.69, 9.17) is 4.74 Å². The third-order valence-corrected chi connectivity index (χ3v) is 3.34. The Kier molecular flexibility index (Phi) is 3.57. The minimum Gasteiger partial charge on any atom is -0.385 e. The molecule has 6 heteroatoms. The van der Waals surface area contributed by atoms with Gasteiger partial charge in [0, 0.05) is 30.8 Å². The molecule has 2 atom stereocenters. The number of halogens is 3. The third kappa shape index (κ3) is 2.90. The molecule has 1 saturated heterocycles. The number of hydrogen-bond donors (Lipinski definition) is 1. The van der Waals surface area contributed by atoms with Crippen molar-refractivity contribution < 1.29 is 23.0 Å². The van der Waals surface area contributed by atoms with E-state index in [1.807, 2.05) is 0 Å². The maximum absolute atomic E-state index is 13.0. The number of nitrogens with zero attached hydrogens (tertiary/aromatic N) is 1. The van der Waals surface area contributed by atoms with Crippen LogP contribution in [-0.4, -0.2) is 22.3 Å². The monoisotopic (exact) mass is 275 g/mol. The van der Waals surface area contributed by atoms with Crippen LogP contribution in [-0.2, 0) is 16.5 Å². The molecule has 0 aliphatic carbocycles. The second kappa shape index (κ2) is 4.76. The largest absolute Gasteiger partial charge is 0.416 e. The van der Waals surface area contributed by atoms with Crippen LogP contribution < -0.4 is 0 Å². The lowest BCUT2D eigenvalue weighted by atomic mass is 9.80. The van der Waals surface area contributed by atoms with Crippen LogP contribution in [0.4, 0.5) is 13.2 Å². The van der Waals surface area contributed by atoms with E-state index in [1.165, 1.54) is 0 Å². The van der Waals surface area contributed by atoms with Gasteiger partial charge in [0.05, 0.1) is 23.4 Å². The van der Waals surface area contributed by atoms with Crippen molar-refractivity contribution in [3.63, 3.8) is 0 Å². The molecule has 2 unspecified atom stereocenters. The van der Waals surface area contributed by atoms with Crippen LogP contribution in [0.3, 0.4) is 0 Å². The predicted octanol–water partition coefficient (Wildman–Crippen LogP) is 2.88. The number of rotatable bonds is 1. The number of aliphatic hydroxyl groups is 1. The number of alkyl halides is 3. The fraction of sp³-hybridized carbons (Fsp3) is 0.615. The van der Waals surface area contributed by atoms with Gasteiger partial charge < -0.3 is 9.84 Å². The molecule has 1 aliphatic rings. The van der Waals surface area contributed by atoms with E-state index in [0.29, 0.717) is 0 Å². The van der Waals surface area contributed by atoms with Gasteiger partial charge in [0.1, 0.15) is 0 Å². The summed E-state index contributed by atoms with van der Waals surface area (Å²) in [6, 6.07) is 0.901. The van der Waals surface area contributed by atoms with E-state index in [2.05, 4.69) is 4.98 Å². The van der Waals surface area contributed by atoms with Crippen LogP contribution in [0.15, 0.2) is 18.5 Å². The summed E-state index contributed by atoms with van der Waals surface area (Å²) in [6.07, 6.45) is -2.64. The van der Waals surface area contributed by atoms with Gasteiger partial charge >= 0.3 is 6.18 Å². The molecule has 106 valence electrons. The Balaban J connectivity index is 2.46. The maximum Gasteiger partial charge on any atom is 0.416 e. The molecule has 1 N–H and O–H groups in total. The summed E-state index contributed by atoms with van der Waals surface area (Å²) < 4.78 is 44.5. The highest BCUT2D eigenvalue weighted by Gasteiger charge is 2.44. The molecule has 0 spiro atoms. The molecule has 0 amide bonds. The Morgan fingerprint density at radius 1 is 1.32 bits per heavy atom. The molecule has 1 aromatic heterocycles. The lowest BCUT2D eigenvalue weighted by molar-refractivity contribution is -0.154. The summed E-state index contributed by atoms with van der Waals surface area (Å²) in [7, 11) is 0. The van der Waals surface area contributed by atoms with Gasteiger partial charge in [0.25, 0.3) is 0 Å². The quantitative estimate of drug-likeness (QED) is 0.857. The van der Waals surface area contributed by atoms with Gasteiger partial charge in [0.15, 0.2) is 0 Å². The van der Waals surface area contributed by atoms with Crippen LogP contribution in [0.25, 0.3) is 0 Å². The third-order valence-electron chi connectivity index (χ3n) is 3.34. The number of pyridine rings is 1. The molecule has 0 saturated carbocycles. The van der Waals surface area contributed by atoms with Crippen molar-refractivity contribution in [2.75, 3.05) is 0 Å². The van der Waals surface area contributed by atoms with Gasteiger partial charge in [0.2, 0.25) is 0 Å². The summed E-state index contributed by atoms with van der Waals surface area (Å²) in [5.74, 6) is 0. The Hall–Kier alpha value is -1.14. The fourth-order valence-corrected chi connectivity index (χ4v) is 2.76. The molecule has 1 fully saturated rings. The van der Waals surface area contributed by atoms with Crippen LogP contribution in [0, 0.1) is 0 Å². The van der Waals surface area contributed by atoms with Crippen molar-refractivity contribution >= 4 is 0 Å². The highest BCUT2D eigenvalue weighted by Crippen LogP contribution is 2.42. The van der Waals surface area contributed by atoms with E-state index < -0.39 is 17.3 Å². The van der Waals surface area contributed by atoms with Crippen LogP contribution in [0.5, 0.6) is 0 Å². The molecule has 2 heterocycles. The van der Waals surface area contributed by atoms with Crippen molar-refractivity contribution in [1.82, 2.24) is 4.98 Å². The average molecular weight is 275 g/mol. The average Bonchev–Trinajstić information content (AvgIpc) is 2.26. The van der Waals surface area contributed by atoms with Gasteiger partial charge in [-0.2, -0.15) is 13.2 Å². The molecule has 0 aromatic carbocycles. The predicted molar refractivity (Wildman–Crippen MR) is 62.4 cm³/mol. The van der Waals surface area contributed by atoms with Gasteiger partial charge in [-0.3, -0.25) is 4.98 Å². The molecule has 0 bridgehead atoms. The summed E-state index contributed by atoms with van der Waals surface area (Å²) in [4.78, 5) is 3.73. The smallest absolute Gasteiger partial charge is 0.385 e. The first-order valence-electron chi connectivity index (χ1n) is 6.12. The molecule has 19 heavy (non-hydrogen) atoms. The normalized spacial score (nSPS) is 32.3. The minimum atomic E-state index is -4.50. The lowest BCUT2D eigenvalue weighted by Crippen LogP contribution is -2.42. The van der Waals surface area contributed by atoms with Crippen molar-refractivity contribution in [2.24, 2.45) is 0 Å². The van der Waals surface area contributed by atoms with Crippen LogP contribution in [0.1, 0.15) is 37.8 Å². The Labute approximate surface area is 109 Å². The van der Waals surface area contributed by atoms with Crippen LogP contribution >= 0.6 is 0 Å². The van der Waals surface area contributed by atoms with Crippen LogP contribution in [0.2, 0.25) is 0 Å². The topological polar surface area (TPSA) is 42.4 Å². The van der Waals surface area contributed by atoms with Crippen molar-refractivity contribution in [3.8, 4) is 0 Å². The summed E-state index contributed by atoms with van der Waals surface area (Å²) in [5.41, 5.74) is -2.54. The zero-order valence-electron chi connectivity index (χ0n) is 10.7. The highest BCUT2D eigenvalue weighted by molar-refractivity contribution is 5.32. The van der Waals surface area contributed by atoms with E-state index >= 15 is 0 Å². The lowest BCUT2D eigenvalue weighted by Gasteiger charge is -2.40. The second-order valence-electron chi connectivity index (χ2n) is 5.12. The SMILES string of the molecule is CC1CC(O)(c2cnccc2C(F)(F)F)CC(C)O1. The zero-order chi connectivity index (χ0) is 14.3. The Morgan fingerprint density at radius 3 is 2.42 bits per heavy atom. The number of ether oxygens (including phenoxy) is 1. The Bertz CT molecular complexity index is 451. The molecular weight excluding hydrogens is 259 g/mol. The standard InChI is InChI=1S/C13H16F3NO2/c1-8-5-12(18,6-9(2)19-8)11-7-17-4-3-10(11)13(14,15)16/h3-4,7-9,18H,5-6H2,1-2H3. The Morgan fingerprint density at radius 2 is 1.89 bits per heavy atom. The van der Waals surface area contributed by atoms with E-state index in [-0.39, 0.29) is 30.6 Å². The summed E-state index contributed by atoms with van der Waals surface area (Å²) in [6.45, 7) is 3.48. The number of hydrogen-bond acceptors (Lipinski definition) is 3. The molecule has 0 radical (unpaired) electrons. The van der Waals surface area contributed by atoms with Crippen molar-refractivity contribution in [2.45, 2.75) is 50.7 Å². The van der Waals surface area contributed by atoms with Gasteiger partial charge in [-0.1, -0.05) is 0 Å². The zero-order valence-corrected chi connectivity index (χ0v) is 10.7. The van der Waals surface area contributed by atoms with E-state index in [9.17, 15) is 18.3 Å². The highest BCUT2D eigenvalue weighted by atomic mass is 19.4. The summed E-state index contributed by atoms with van der Waals surface area (Å²) >= 11 is 0. The first-order chi connectivity index (χ1) is 8.72. The van der Waals surface area contributed by atoms with E-state index in [0.717, 1.165) is 18.5 Å². The van der Waals surface area contributed by atoms with Gasteiger partial charge in [-0.15, -0.1) is 0 Å². The minimum absolute atomic E-state index is 0.131. The second-order valence-corrected chi connectivity index (χ2v) is 5.12. The first-order valence-corrected chi connectivity index (χ1v) is 6.12. The van der Waals surface area contributed by atoms with Crippen molar-refractivity contribution in [3.05, 3.63) is 29.6 Å². The fourth-order valence-electron chi connectivity index (χ4n) is 2.76. The molecular formula is C13H16F3NO2. The molecule has 1 aliphatic heterocycles. The molecule has 2 rings (SSSR count).